The molecule has 2 rings (SSSR count). The monoisotopic (exact) mass is 337 g/mol. The van der Waals surface area contributed by atoms with Crippen molar-refractivity contribution in [3.05, 3.63) is 33.7 Å². The van der Waals surface area contributed by atoms with E-state index in [1.54, 1.807) is 18.1 Å². The van der Waals surface area contributed by atoms with Crippen LogP contribution in [0.2, 0.25) is 0 Å². The van der Waals surface area contributed by atoms with Crippen LogP contribution in [-0.4, -0.2) is 65.6 Å². The molecule has 0 saturated carbocycles. The number of carboxylic acid groups (broad SMARTS) is 1. The van der Waals surface area contributed by atoms with Crippen molar-refractivity contribution in [1.82, 2.24) is 14.4 Å². The van der Waals surface area contributed by atoms with Crippen LogP contribution in [0.3, 0.4) is 0 Å². The minimum Gasteiger partial charge on any atom is -0.483 e. The zero-order valence-electron chi connectivity index (χ0n) is 14.9. The number of pyridine rings is 1. The molecule has 1 fully saturated rings. The van der Waals surface area contributed by atoms with E-state index in [1.807, 2.05) is 18.5 Å². The van der Waals surface area contributed by atoms with Crippen molar-refractivity contribution in [3.63, 3.8) is 0 Å². The van der Waals surface area contributed by atoms with E-state index in [4.69, 9.17) is 9.90 Å². The molecule has 1 aromatic rings. The molecule has 0 aromatic carbocycles. The Hall–Kier alpha value is -2.15. The first-order valence-electron chi connectivity index (χ1n) is 7.99. The van der Waals surface area contributed by atoms with E-state index in [1.165, 1.54) is 12.5 Å². The number of aromatic nitrogens is 1. The third-order valence-corrected chi connectivity index (χ3v) is 4.32. The van der Waals surface area contributed by atoms with Gasteiger partial charge in [-0.05, 0) is 39.3 Å². The Kier molecular flexibility index (Phi) is 7.64. The van der Waals surface area contributed by atoms with Crippen LogP contribution in [0, 0.1) is 12.8 Å². The zero-order chi connectivity index (χ0) is 18.3. The van der Waals surface area contributed by atoms with Gasteiger partial charge in [0.2, 0.25) is 0 Å². The maximum absolute atomic E-state index is 12.5. The minimum absolute atomic E-state index is 0.177. The van der Waals surface area contributed by atoms with Crippen LogP contribution < -0.4 is 5.43 Å². The van der Waals surface area contributed by atoms with Crippen LogP contribution >= 0.6 is 0 Å². The van der Waals surface area contributed by atoms with Crippen molar-refractivity contribution in [2.75, 3.05) is 33.7 Å². The summed E-state index contributed by atoms with van der Waals surface area (Å²) >= 11 is 0. The van der Waals surface area contributed by atoms with Crippen molar-refractivity contribution in [3.8, 4) is 0 Å². The Bertz CT molecular complexity index is 627. The molecule has 1 N–H and O–H groups in total. The molecule has 1 atom stereocenters. The van der Waals surface area contributed by atoms with Crippen LogP contribution in [0.5, 0.6) is 0 Å². The Labute approximate surface area is 142 Å². The highest BCUT2D eigenvalue weighted by atomic mass is 16.3. The van der Waals surface area contributed by atoms with Crippen LogP contribution in [0.4, 0.5) is 0 Å². The van der Waals surface area contributed by atoms with Gasteiger partial charge in [0.15, 0.2) is 5.43 Å². The molecule has 2 heterocycles. The largest absolute Gasteiger partial charge is 0.483 e. The zero-order valence-corrected chi connectivity index (χ0v) is 14.9. The molecular weight excluding hydrogens is 310 g/mol. The molecule has 0 radical (unpaired) electrons. The van der Waals surface area contributed by atoms with Gasteiger partial charge in [-0.3, -0.25) is 14.4 Å². The highest BCUT2D eigenvalue weighted by Crippen LogP contribution is 2.16. The summed E-state index contributed by atoms with van der Waals surface area (Å²) in [7, 11) is 5.75. The van der Waals surface area contributed by atoms with Gasteiger partial charge in [0, 0.05) is 45.1 Å². The second-order valence-electron chi connectivity index (χ2n) is 6.37. The molecule has 1 amide bonds. The summed E-state index contributed by atoms with van der Waals surface area (Å²) in [6.07, 6.45) is 3.97. The summed E-state index contributed by atoms with van der Waals surface area (Å²) in [5.74, 6) is 0.316. The van der Waals surface area contributed by atoms with E-state index in [-0.39, 0.29) is 23.4 Å². The predicted molar refractivity (Wildman–Crippen MR) is 92.3 cm³/mol. The van der Waals surface area contributed by atoms with E-state index < -0.39 is 0 Å². The lowest BCUT2D eigenvalue weighted by atomic mass is 9.98. The molecule has 1 unspecified atom stereocenters. The quantitative estimate of drug-likeness (QED) is 0.825. The van der Waals surface area contributed by atoms with Gasteiger partial charge < -0.3 is 19.5 Å². The first-order valence-corrected chi connectivity index (χ1v) is 7.99. The molecule has 1 aromatic heterocycles. The van der Waals surface area contributed by atoms with Gasteiger partial charge in [0.05, 0.1) is 0 Å². The van der Waals surface area contributed by atoms with E-state index in [0.29, 0.717) is 12.5 Å². The fraction of sp³-hybridized carbons (Fsp3) is 0.588. The molecule has 134 valence electrons. The molecule has 1 aliphatic rings. The highest BCUT2D eigenvalue weighted by Gasteiger charge is 2.22. The molecule has 7 heteroatoms. The molecular formula is C17H27N3O4. The van der Waals surface area contributed by atoms with Crippen molar-refractivity contribution < 1.29 is 14.7 Å². The maximum Gasteiger partial charge on any atom is 0.290 e. The van der Waals surface area contributed by atoms with Crippen molar-refractivity contribution in [1.29, 1.82) is 0 Å². The van der Waals surface area contributed by atoms with E-state index >= 15 is 0 Å². The molecule has 1 saturated heterocycles. The van der Waals surface area contributed by atoms with Crippen LogP contribution in [0.1, 0.15) is 28.9 Å². The minimum atomic E-state index is -0.250. The number of piperidine rings is 1. The third kappa shape index (κ3) is 5.49. The Balaban J connectivity index is 0.000000891. The normalized spacial score (nSPS) is 17.6. The second-order valence-corrected chi connectivity index (χ2v) is 6.37. The van der Waals surface area contributed by atoms with Gasteiger partial charge >= 0.3 is 0 Å². The van der Waals surface area contributed by atoms with Crippen LogP contribution in [-0.2, 0) is 11.8 Å². The van der Waals surface area contributed by atoms with Crippen molar-refractivity contribution >= 4 is 12.4 Å². The number of nitrogens with zero attached hydrogens (tertiary/aromatic N) is 3. The lowest BCUT2D eigenvalue weighted by Crippen LogP contribution is -2.41. The number of amides is 1. The topological polar surface area (TPSA) is 82.9 Å². The standard InChI is InChI=1S/C16H25N3O2.CH2O2/c1-12-8-15(20)14(11-18(12)3)16(21)19(4)10-13-6-5-7-17(2)9-13;2-1-3/h8,11,13H,5-7,9-10H2,1-4H3;1H,(H,2,3). The molecule has 0 aliphatic carbocycles. The summed E-state index contributed by atoms with van der Waals surface area (Å²) < 4.78 is 1.82. The Morgan fingerprint density at radius 3 is 2.67 bits per heavy atom. The molecule has 0 bridgehead atoms. The fourth-order valence-corrected chi connectivity index (χ4v) is 2.99. The number of rotatable bonds is 3. The van der Waals surface area contributed by atoms with Gasteiger partial charge in [-0.25, -0.2) is 0 Å². The van der Waals surface area contributed by atoms with E-state index in [0.717, 1.165) is 25.2 Å². The first-order chi connectivity index (χ1) is 11.3. The lowest BCUT2D eigenvalue weighted by Gasteiger charge is -2.32. The van der Waals surface area contributed by atoms with Gasteiger partial charge in [0.1, 0.15) is 5.56 Å². The smallest absolute Gasteiger partial charge is 0.290 e. The molecule has 24 heavy (non-hydrogen) atoms. The SMILES string of the molecule is Cc1cc(=O)c(C(=O)N(C)CC2CCCN(C)C2)cn1C.O=CO. The Morgan fingerprint density at radius 1 is 1.46 bits per heavy atom. The average Bonchev–Trinajstić information content (AvgIpc) is 2.51. The Morgan fingerprint density at radius 2 is 2.08 bits per heavy atom. The number of hydrogen-bond acceptors (Lipinski definition) is 4. The van der Waals surface area contributed by atoms with Gasteiger partial charge in [-0.2, -0.15) is 0 Å². The summed E-state index contributed by atoms with van der Waals surface area (Å²) in [6, 6.07) is 1.52. The summed E-state index contributed by atoms with van der Waals surface area (Å²) in [4.78, 5) is 36.9. The highest BCUT2D eigenvalue weighted by molar-refractivity contribution is 5.93. The van der Waals surface area contributed by atoms with Crippen LogP contribution in [0.25, 0.3) is 0 Å². The number of carbonyl (C=O) groups excluding carboxylic acids is 1. The van der Waals surface area contributed by atoms with Crippen LogP contribution in [0.15, 0.2) is 17.1 Å². The van der Waals surface area contributed by atoms with E-state index in [2.05, 4.69) is 11.9 Å². The summed E-state index contributed by atoms with van der Waals surface area (Å²) in [5, 5.41) is 6.89. The van der Waals surface area contributed by atoms with Gasteiger partial charge in [-0.15, -0.1) is 0 Å². The molecule has 7 nitrogen and oxygen atoms in total. The fourth-order valence-electron chi connectivity index (χ4n) is 2.99. The number of aryl methyl sites for hydroxylation is 2. The summed E-state index contributed by atoms with van der Waals surface area (Å²) in [6.45, 7) is 4.47. The third-order valence-electron chi connectivity index (χ3n) is 4.32. The molecule has 1 aliphatic heterocycles. The van der Waals surface area contributed by atoms with Crippen molar-refractivity contribution in [2.45, 2.75) is 19.8 Å². The van der Waals surface area contributed by atoms with Gasteiger partial charge in [0.25, 0.3) is 12.4 Å². The van der Waals surface area contributed by atoms with Gasteiger partial charge in [-0.1, -0.05) is 0 Å². The summed E-state index contributed by atoms with van der Waals surface area (Å²) in [5.41, 5.74) is 0.922. The molecule has 0 spiro atoms. The number of carbonyl (C=O) groups is 2. The number of hydrogen-bond donors (Lipinski definition) is 1. The lowest BCUT2D eigenvalue weighted by molar-refractivity contribution is -0.122. The number of likely N-dealkylation sites (tertiary alicyclic amines) is 1. The van der Waals surface area contributed by atoms with E-state index in [9.17, 15) is 9.59 Å². The average molecular weight is 337 g/mol. The second kappa shape index (κ2) is 9.22. The predicted octanol–water partition coefficient (Wildman–Crippen LogP) is 0.808. The van der Waals surface area contributed by atoms with Crippen molar-refractivity contribution in [2.24, 2.45) is 13.0 Å². The first kappa shape index (κ1) is 19.9. The maximum atomic E-state index is 12.5.